The number of Topliss-reactive ketones (excluding diaryl/α,β-unsaturated/α-hetero) is 1. The van der Waals surface area contributed by atoms with Gasteiger partial charge in [-0.05, 0) is 13.8 Å². The number of carbonyl (C=O) groups is 4. The quantitative estimate of drug-likeness (QED) is 0.493. The number of hydrogen-bond donors (Lipinski definition) is 1. The lowest BCUT2D eigenvalue weighted by Crippen LogP contribution is -2.42. The van der Waals surface area contributed by atoms with Crippen molar-refractivity contribution in [1.29, 1.82) is 0 Å². The molecule has 0 saturated carbocycles. The Morgan fingerprint density at radius 1 is 1.16 bits per heavy atom. The van der Waals surface area contributed by atoms with Crippen LogP contribution in [0.3, 0.4) is 0 Å². The molecule has 1 aliphatic heterocycles. The maximum absolute atomic E-state index is 12.6. The van der Waals surface area contributed by atoms with Crippen molar-refractivity contribution in [3.05, 3.63) is 47.2 Å². The average Bonchev–Trinajstić information content (AvgIpc) is 2.74. The van der Waals surface area contributed by atoms with Gasteiger partial charge in [0.15, 0.2) is 5.78 Å². The molecule has 2 N–H and O–H groups in total. The van der Waals surface area contributed by atoms with Gasteiger partial charge in [0.1, 0.15) is 5.57 Å². The first-order chi connectivity index (χ1) is 11.6. The molecule has 0 radical (unpaired) electrons. The van der Waals surface area contributed by atoms with Crippen LogP contribution in [0.4, 0.5) is 0 Å². The minimum absolute atomic E-state index is 0.110. The number of benzene rings is 1. The largest absolute Gasteiger partial charge is 0.399 e. The van der Waals surface area contributed by atoms with Crippen molar-refractivity contribution in [2.24, 2.45) is 5.73 Å². The minimum atomic E-state index is -0.814. The molecule has 0 saturated heterocycles. The van der Waals surface area contributed by atoms with Crippen LogP contribution in [0.2, 0.25) is 0 Å². The Morgan fingerprint density at radius 2 is 1.72 bits per heavy atom. The standard InChI is InChI=1S/C18H21N3O4/c1-18(2)15(19)14(17(25)21(18)4)16(24)20(3)13(23)10-12(22)11-8-6-5-7-9-11/h5-9H,10,19H2,1-4H3. The summed E-state index contributed by atoms with van der Waals surface area (Å²) in [5.74, 6) is -2.44. The van der Waals surface area contributed by atoms with Gasteiger partial charge in [0, 0.05) is 19.7 Å². The number of ketones is 1. The summed E-state index contributed by atoms with van der Waals surface area (Å²) < 4.78 is 0. The molecule has 1 heterocycles. The second-order valence-electron chi connectivity index (χ2n) is 6.44. The number of imide groups is 1. The molecule has 7 heteroatoms. The van der Waals surface area contributed by atoms with Crippen molar-refractivity contribution in [3.8, 4) is 0 Å². The highest BCUT2D eigenvalue weighted by Crippen LogP contribution is 2.31. The lowest BCUT2D eigenvalue weighted by molar-refractivity contribution is -0.141. The maximum atomic E-state index is 12.6. The number of carbonyl (C=O) groups excluding carboxylic acids is 4. The Hall–Kier alpha value is -2.96. The van der Waals surface area contributed by atoms with Crippen molar-refractivity contribution >= 4 is 23.5 Å². The summed E-state index contributed by atoms with van der Waals surface area (Å²) in [6, 6.07) is 8.32. The van der Waals surface area contributed by atoms with Crippen LogP contribution in [0.5, 0.6) is 0 Å². The van der Waals surface area contributed by atoms with E-state index in [9.17, 15) is 19.2 Å². The Balaban J connectivity index is 2.17. The molecule has 0 unspecified atom stereocenters. The van der Waals surface area contributed by atoms with Gasteiger partial charge < -0.3 is 10.6 Å². The normalized spacial score (nSPS) is 16.2. The van der Waals surface area contributed by atoms with E-state index in [1.165, 1.54) is 19.0 Å². The molecule has 1 aromatic carbocycles. The van der Waals surface area contributed by atoms with E-state index in [1.807, 2.05) is 0 Å². The monoisotopic (exact) mass is 343 g/mol. The number of rotatable bonds is 4. The molecular weight excluding hydrogens is 322 g/mol. The van der Waals surface area contributed by atoms with E-state index >= 15 is 0 Å². The molecule has 2 rings (SSSR count). The fraction of sp³-hybridized carbons (Fsp3) is 0.333. The Bertz CT molecular complexity index is 781. The summed E-state index contributed by atoms with van der Waals surface area (Å²) in [6.07, 6.45) is -0.465. The second-order valence-corrected chi connectivity index (χ2v) is 6.44. The fourth-order valence-electron chi connectivity index (χ4n) is 2.49. The smallest absolute Gasteiger partial charge is 0.267 e. The van der Waals surface area contributed by atoms with Gasteiger partial charge in [-0.3, -0.25) is 24.1 Å². The van der Waals surface area contributed by atoms with Crippen molar-refractivity contribution < 1.29 is 19.2 Å². The third-order valence-electron chi connectivity index (χ3n) is 4.59. The summed E-state index contributed by atoms with van der Waals surface area (Å²) in [7, 11) is 2.78. The molecule has 0 spiro atoms. The average molecular weight is 343 g/mol. The molecule has 25 heavy (non-hydrogen) atoms. The van der Waals surface area contributed by atoms with Crippen LogP contribution in [-0.4, -0.2) is 52.9 Å². The van der Waals surface area contributed by atoms with E-state index in [4.69, 9.17) is 5.73 Å². The first kappa shape index (κ1) is 18.4. The zero-order chi connectivity index (χ0) is 18.9. The van der Waals surface area contributed by atoms with Crippen molar-refractivity contribution in [3.63, 3.8) is 0 Å². The first-order valence-electron chi connectivity index (χ1n) is 7.76. The molecule has 132 valence electrons. The molecule has 0 bridgehead atoms. The van der Waals surface area contributed by atoms with Gasteiger partial charge in [-0.2, -0.15) is 0 Å². The van der Waals surface area contributed by atoms with Gasteiger partial charge in [0.2, 0.25) is 5.91 Å². The SMILES string of the molecule is CN(C(=O)CC(=O)c1ccccc1)C(=O)C1=C(N)C(C)(C)N(C)C1=O. The van der Waals surface area contributed by atoms with Gasteiger partial charge in [-0.25, -0.2) is 0 Å². The van der Waals surface area contributed by atoms with Gasteiger partial charge in [0.05, 0.1) is 17.7 Å². The number of hydrogen-bond acceptors (Lipinski definition) is 5. The number of nitrogens with zero attached hydrogens (tertiary/aromatic N) is 2. The molecule has 3 amide bonds. The molecular formula is C18H21N3O4. The van der Waals surface area contributed by atoms with Gasteiger partial charge >= 0.3 is 0 Å². The first-order valence-corrected chi connectivity index (χ1v) is 7.76. The van der Waals surface area contributed by atoms with E-state index in [1.54, 1.807) is 44.2 Å². The molecule has 1 aliphatic rings. The predicted molar refractivity (Wildman–Crippen MR) is 91.2 cm³/mol. The van der Waals surface area contributed by atoms with Gasteiger partial charge in [-0.1, -0.05) is 30.3 Å². The van der Waals surface area contributed by atoms with Crippen LogP contribution in [-0.2, 0) is 14.4 Å². The second kappa shape index (κ2) is 6.51. The highest BCUT2D eigenvalue weighted by atomic mass is 16.2. The minimum Gasteiger partial charge on any atom is -0.399 e. The number of amides is 3. The summed E-state index contributed by atoms with van der Waals surface area (Å²) >= 11 is 0. The zero-order valence-electron chi connectivity index (χ0n) is 14.7. The molecule has 0 aliphatic carbocycles. The molecule has 7 nitrogen and oxygen atoms in total. The van der Waals surface area contributed by atoms with Crippen LogP contribution in [0.1, 0.15) is 30.6 Å². The van der Waals surface area contributed by atoms with Gasteiger partial charge in [0.25, 0.3) is 11.8 Å². The Morgan fingerprint density at radius 3 is 2.20 bits per heavy atom. The number of nitrogens with two attached hydrogens (primary N) is 1. The molecule has 1 aromatic rings. The maximum Gasteiger partial charge on any atom is 0.267 e. The van der Waals surface area contributed by atoms with E-state index in [-0.39, 0.29) is 11.3 Å². The third-order valence-corrected chi connectivity index (χ3v) is 4.59. The highest BCUT2D eigenvalue weighted by molar-refractivity contribution is 6.24. The summed E-state index contributed by atoms with van der Waals surface area (Å²) in [5, 5.41) is 0. The van der Waals surface area contributed by atoms with E-state index < -0.39 is 35.5 Å². The lowest BCUT2D eigenvalue weighted by Gasteiger charge is -2.28. The van der Waals surface area contributed by atoms with Crippen molar-refractivity contribution in [1.82, 2.24) is 9.80 Å². The Labute approximate surface area is 146 Å². The summed E-state index contributed by atoms with van der Waals surface area (Å²) in [4.78, 5) is 51.4. The zero-order valence-corrected chi connectivity index (χ0v) is 14.7. The molecule has 0 fully saturated rings. The summed E-state index contributed by atoms with van der Waals surface area (Å²) in [6.45, 7) is 3.42. The summed E-state index contributed by atoms with van der Waals surface area (Å²) in [5.41, 5.74) is 5.41. The van der Waals surface area contributed by atoms with E-state index in [0.717, 1.165) is 4.90 Å². The highest BCUT2D eigenvalue weighted by Gasteiger charge is 2.45. The fourth-order valence-corrected chi connectivity index (χ4v) is 2.49. The number of likely N-dealkylation sites (N-methyl/N-ethyl adjacent to an activating group) is 2. The van der Waals surface area contributed by atoms with Crippen LogP contribution < -0.4 is 5.73 Å². The van der Waals surface area contributed by atoms with Crippen LogP contribution in [0, 0.1) is 0 Å². The van der Waals surface area contributed by atoms with E-state index in [2.05, 4.69) is 0 Å². The van der Waals surface area contributed by atoms with Gasteiger partial charge in [-0.15, -0.1) is 0 Å². The van der Waals surface area contributed by atoms with Crippen LogP contribution in [0.15, 0.2) is 41.6 Å². The van der Waals surface area contributed by atoms with Crippen molar-refractivity contribution in [2.75, 3.05) is 14.1 Å². The van der Waals surface area contributed by atoms with Crippen molar-refractivity contribution in [2.45, 2.75) is 25.8 Å². The van der Waals surface area contributed by atoms with Crippen LogP contribution >= 0.6 is 0 Å². The Kier molecular flexibility index (Phi) is 4.78. The predicted octanol–water partition coefficient (Wildman–Crippen LogP) is 0.708. The van der Waals surface area contributed by atoms with E-state index in [0.29, 0.717) is 5.56 Å². The molecule has 0 atom stereocenters. The topological polar surface area (TPSA) is 101 Å². The van der Waals surface area contributed by atoms with Crippen LogP contribution in [0.25, 0.3) is 0 Å². The lowest BCUT2D eigenvalue weighted by atomic mass is 10.0. The molecule has 0 aromatic heterocycles. The third kappa shape index (κ3) is 3.17.